The molecule has 25 heavy (non-hydrogen) atoms. The second-order valence-electron chi connectivity index (χ2n) is 5.60. The standard InChI is InChI=1S/C18H18Cl2N4O/c1-3-23(4-2)17(25)9-14-18(12-5-7-15(20)21-10-12)22-16-8-6-13(19)11-24(14)16/h5-8,10-11H,3-4,9H2,1-2H3. The van der Waals surface area contributed by atoms with Crippen LogP contribution in [0.3, 0.4) is 0 Å². The van der Waals surface area contributed by atoms with Crippen LogP contribution in [0.25, 0.3) is 16.9 Å². The Morgan fingerprint density at radius 3 is 2.56 bits per heavy atom. The van der Waals surface area contributed by atoms with E-state index in [0.29, 0.717) is 29.0 Å². The zero-order chi connectivity index (χ0) is 18.0. The zero-order valence-corrected chi connectivity index (χ0v) is 15.6. The maximum Gasteiger partial charge on any atom is 0.228 e. The van der Waals surface area contributed by atoms with Crippen LogP contribution in [-0.4, -0.2) is 38.3 Å². The van der Waals surface area contributed by atoms with E-state index in [4.69, 9.17) is 23.2 Å². The highest BCUT2D eigenvalue weighted by molar-refractivity contribution is 6.30. The molecule has 0 saturated carbocycles. The molecule has 3 aromatic heterocycles. The van der Waals surface area contributed by atoms with E-state index in [0.717, 1.165) is 16.9 Å². The van der Waals surface area contributed by atoms with Crippen LogP contribution in [0.15, 0.2) is 36.7 Å². The number of aromatic nitrogens is 3. The number of nitrogens with zero attached hydrogens (tertiary/aromatic N) is 4. The maximum atomic E-state index is 12.7. The fraction of sp³-hybridized carbons (Fsp3) is 0.278. The highest BCUT2D eigenvalue weighted by atomic mass is 35.5. The van der Waals surface area contributed by atoms with Gasteiger partial charge in [-0.15, -0.1) is 0 Å². The van der Waals surface area contributed by atoms with Crippen LogP contribution in [0, 0.1) is 0 Å². The first-order valence-electron chi connectivity index (χ1n) is 8.09. The largest absolute Gasteiger partial charge is 0.343 e. The lowest BCUT2D eigenvalue weighted by atomic mass is 10.1. The van der Waals surface area contributed by atoms with Crippen LogP contribution in [0.2, 0.25) is 10.2 Å². The van der Waals surface area contributed by atoms with Crippen LogP contribution in [0.1, 0.15) is 19.5 Å². The SMILES string of the molecule is CCN(CC)C(=O)Cc1c(-c2ccc(Cl)nc2)nc2ccc(Cl)cn12. The molecule has 130 valence electrons. The van der Waals surface area contributed by atoms with Crippen LogP contribution in [0.5, 0.6) is 0 Å². The maximum absolute atomic E-state index is 12.7. The Labute approximate surface area is 156 Å². The van der Waals surface area contributed by atoms with E-state index in [-0.39, 0.29) is 12.3 Å². The van der Waals surface area contributed by atoms with Gasteiger partial charge in [0.15, 0.2) is 0 Å². The van der Waals surface area contributed by atoms with Crippen molar-refractivity contribution < 1.29 is 4.79 Å². The molecule has 1 amide bonds. The number of hydrogen-bond acceptors (Lipinski definition) is 3. The molecule has 0 spiro atoms. The fourth-order valence-electron chi connectivity index (χ4n) is 2.81. The lowest BCUT2D eigenvalue weighted by Crippen LogP contribution is -2.32. The third-order valence-corrected chi connectivity index (χ3v) is 4.56. The summed E-state index contributed by atoms with van der Waals surface area (Å²) in [6, 6.07) is 7.18. The summed E-state index contributed by atoms with van der Waals surface area (Å²) in [6.07, 6.45) is 3.68. The molecule has 0 bridgehead atoms. The van der Waals surface area contributed by atoms with Crippen molar-refractivity contribution in [2.24, 2.45) is 0 Å². The number of pyridine rings is 2. The number of halogens is 2. The Morgan fingerprint density at radius 1 is 1.16 bits per heavy atom. The average molecular weight is 377 g/mol. The number of fused-ring (bicyclic) bond motifs is 1. The molecule has 0 aliphatic rings. The van der Waals surface area contributed by atoms with Crippen molar-refractivity contribution in [3.8, 4) is 11.3 Å². The molecule has 3 rings (SSSR count). The van der Waals surface area contributed by atoms with E-state index >= 15 is 0 Å². The molecule has 3 heterocycles. The predicted octanol–water partition coefficient (Wildman–Crippen LogP) is 4.11. The molecule has 0 N–H and O–H groups in total. The number of carbonyl (C=O) groups is 1. The van der Waals surface area contributed by atoms with E-state index in [1.807, 2.05) is 30.4 Å². The summed E-state index contributed by atoms with van der Waals surface area (Å²) in [5.41, 5.74) is 3.05. The molecule has 0 aliphatic carbocycles. The van der Waals surface area contributed by atoms with Gasteiger partial charge in [-0.2, -0.15) is 0 Å². The smallest absolute Gasteiger partial charge is 0.228 e. The molecular weight excluding hydrogens is 359 g/mol. The van der Waals surface area contributed by atoms with Gasteiger partial charge >= 0.3 is 0 Å². The van der Waals surface area contributed by atoms with Gasteiger partial charge in [0.1, 0.15) is 10.8 Å². The third kappa shape index (κ3) is 3.62. The number of carbonyl (C=O) groups excluding carboxylic acids is 1. The molecule has 0 aliphatic heterocycles. The van der Waals surface area contributed by atoms with Crippen molar-refractivity contribution in [2.75, 3.05) is 13.1 Å². The van der Waals surface area contributed by atoms with E-state index in [9.17, 15) is 4.79 Å². The minimum absolute atomic E-state index is 0.0509. The van der Waals surface area contributed by atoms with Gasteiger partial charge in [-0.25, -0.2) is 9.97 Å². The van der Waals surface area contributed by atoms with Crippen LogP contribution < -0.4 is 0 Å². The lowest BCUT2D eigenvalue weighted by molar-refractivity contribution is -0.130. The number of hydrogen-bond donors (Lipinski definition) is 0. The van der Waals surface area contributed by atoms with Gasteiger partial charge in [-0.05, 0) is 38.1 Å². The summed E-state index contributed by atoms with van der Waals surface area (Å²) in [7, 11) is 0. The van der Waals surface area contributed by atoms with E-state index < -0.39 is 0 Å². The quantitative estimate of drug-likeness (QED) is 0.629. The third-order valence-electron chi connectivity index (χ3n) is 4.12. The molecule has 0 unspecified atom stereocenters. The lowest BCUT2D eigenvalue weighted by Gasteiger charge is -2.18. The molecule has 5 nitrogen and oxygen atoms in total. The average Bonchev–Trinajstić information content (AvgIpc) is 2.94. The summed E-state index contributed by atoms with van der Waals surface area (Å²) >= 11 is 12.0. The first-order valence-corrected chi connectivity index (χ1v) is 8.85. The van der Waals surface area contributed by atoms with Crippen LogP contribution >= 0.6 is 23.2 Å². The van der Waals surface area contributed by atoms with E-state index in [1.54, 1.807) is 29.4 Å². The Bertz CT molecular complexity index is 901. The second kappa shape index (κ2) is 7.42. The van der Waals surface area contributed by atoms with Gasteiger partial charge in [-0.1, -0.05) is 23.2 Å². The molecular formula is C18H18Cl2N4O. The van der Waals surface area contributed by atoms with Crippen LogP contribution in [-0.2, 0) is 11.2 Å². The van der Waals surface area contributed by atoms with Crippen LogP contribution in [0.4, 0.5) is 0 Å². The van der Waals surface area contributed by atoms with Crippen molar-refractivity contribution in [3.63, 3.8) is 0 Å². The molecule has 0 fully saturated rings. The molecule has 7 heteroatoms. The summed E-state index contributed by atoms with van der Waals surface area (Å²) in [5.74, 6) is 0.0509. The molecule has 0 radical (unpaired) electrons. The van der Waals surface area contributed by atoms with E-state index in [1.165, 1.54) is 0 Å². The van der Waals surface area contributed by atoms with Gasteiger partial charge in [0.05, 0.1) is 22.8 Å². The van der Waals surface area contributed by atoms with Gasteiger partial charge < -0.3 is 9.30 Å². The first kappa shape index (κ1) is 17.7. The Morgan fingerprint density at radius 2 is 1.92 bits per heavy atom. The Balaban J connectivity index is 2.12. The number of imidazole rings is 1. The Kier molecular flexibility index (Phi) is 5.25. The normalized spacial score (nSPS) is 11.0. The van der Waals surface area contributed by atoms with Crippen molar-refractivity contribution in [3.05, 3.63) is 52.5 Å². The number of rotatable bonds is 5. The van der Waals surface area contributed by atoms with Gasteiger partial charge in [0.2, 0.25) is 5.91 Å². The molecule has 0 saturated heterocycles. The minimum Gasteiger partial charge on any atom is -0.343 e. The minimum atomic E-state index is 0.0509. The number of amides is 1. The number of likely N-dealkylation sites (N-methyl/N-ethyl adjacent to an activating group) is 1. The van der Waals surface area contributed by atoms with E-state index in [2.05, 4.69) is 9.97 Å². The van der Waals surface area contributed by atoms with Gasteiger partial charge in [-0.3, -0.25) is 4.79 Å². The van der Waals surface area contributed by atoms with Gasteiger partial charge in [0.25, 0.3) is 0 Å². The van der Waals surface area contributed by atoms with Gasteiger partial charge in [0, 0.05) is 31.0 Å². The predicted molar refractivity (Wildman–Crippen MR) is 100 cm³/mol. The highest BCUT2D eigenvalue weighted by Crippen LogP contribution is 2.26. The Hall–Kier alpha value is -2.11. The molecule has 0 atom stereocenters. The van der Waals surface area contributed by atoms with Crippen molar-refractivity contribution in [1.82, 2.24) is 19.3 Å². The highest BCUT2D eigenvalue weighted by Gasteiger charge is 2.20. The molecule has 0 aromatic carbocycles. The summed E-state index contributed by atoms with van der Waals surface area (Å²) in [5, 5.41) is 0.999. The summed E-state index contributed by atoms with van der Waals surface area (Å²) < 4.78 is 1.87. The topological polar surface area (TPSA) is 50.5 Å². The second-order valence-corrected chi connectivity index (χ2v) is 6.42. The summed E-state index contributed by atoms with van der Waals surface area (Å²) in [4.78, 5) is 23.2. The first-order chi connectivity index (χ1) is 12.0. The zero-order valence-electron chi connectivity index (χ0n) is 14.0. The van der Waals surface area contributed by atoms with Crippen molar-refractivity contribution in [1.29, 1.82) is 0 Å². The monoisotopic (exact) mass is 376 g/mol. The fourth-order valence-corrected chi connectivity index (χ4v) is 3.09. The summed E-state index contributed by atoms with van der Waals surface area (Å²) in [6.45, 7) is 5.28. The van der Waals surface area contributed by atoms with Crippen molar-refractivity contribution in [2.45, 2.75) is 20.3 Å². The molecule has 3 aromatic rings. The van der Waals surface area contributed by atoms with Crippen molar-refractivity contribution >= 4 is 34.8 Å².